The average Bonchev–Trinajstić information content (AvgIpc) is 2.61. The maximum atomic E-state index is 12.0. The number of nitrogens with zero attached hydrogens (tertiary/aromatic N) is 2. The number of aliphatic hydroxyl groups excluding tert-OH is 2. The zero-order chi connectivity index (χ0) is 15.1. The van der Waals surface area contributed by atoms with E-state index in [-0.39, 0.29) is 6.61 Å². The van der Waals surface area contributed by atoms with Crippen LogP contribution >= 0.6 is 0 Å². The molecule has 0 aromatic carbocycles. The lowest BCUT2D eigenvalue weighted by atomic mass is 10.2. The van der Waals surface area contributed by atoms with E-state index in [0.717, 1.165) is 13.0 Å². The van der Waals surface area contributed by atoms with Crippen molar-refractivity contribution in [2.75, 3.05) is 39.3 Å². The summed E-state index contributed by atoms with van der Waals surface area (Å²) in [6, 6.07) is -1.79. The minimum atomic E-state index is -1.31. The Kier molecular flexibility index (Phi) is 6.69. The predicted octanol–water partition coefficient (Wildman–Crippen LogP) is -1.47. The van der Waals surface area contributed by atoms with Crippen LogP contribution in [0.3, 0.4) is 0 Å². The molecule has 1 saturated heterocycles. The van der Waals surface area contributed by atoms with Gasteiger partial charge in [0.2, 0.25) is 0 Å². The summed E-state index contributed by atoms with van der Waals surface area (Å²) >= 11 is 0. The fraction of sp³-hybridized carbons (Fsp3) is 0.833. The van der Waals surface area contributed by atoms with E-state index in [1.165, 1.54) is 11.8 Å². The molecular formula is C12H23N3O5. The van der Waals surface area contributed by atoms with Gasteiger partial charge >= 0.3 is 12.0 Å². The zero-order valence-electron chi connectivity index (χ0n) is 11.7. The van der Waals surface area contributed by atoms with Gasteiger partial charge in [0.1, 0.15) is 0 Å². The van der Waals surface area contributed by atoms with E-state index in [9.17, 15) is 14.7 Å². The fourth-order valence-corrected chi connectivity index (χ4v) is 2.15. The molecule has 0 aromatic heterocycles. The number of urea groups is 1. The van der Waals surface area contributed by atoms with E-state index in [0.29, 0.717) is 26.2 Å². The van der Waals surface area contributed by atoms with Crippen LogP contribution in [0.1, 0.15) is 13.3 Å². The van der Waals surface area contributed by atoms with E-state index in [1.54, 1.807) is 0 Å². The summed E-state index contributed by atoms with van der Waals surface area (Å²) in [5, 5.41) is 29.5. The van der Waals surface area contributed by atoms with Crippen molar-refractivity contribution in [2.24, 2.45) is 0 Å². The van der Waals surface area contributed by atoms with Gasteiger partial charge in [-0.25, -0.2) is 9.59 Å². The van der Waals surface area contributed by atoms with Crippen molar-refractivity contribution in [1.82, 2.24) is 15.1 Å². The molecule has 0 bridgehead atoms. The van der Waals surface area contributed by atoms with Gasteiger partial charge in [0, 0.05) is 26.2 Å². The Morgan fingerprint density at radius 3 is 2.50 bits per heavy atom. The quantitative estimate of drug-likeness (QED) is 0.491. The Balaban J connectivity index is 2.52. The Morgan fingerprint density at radius 2 is 1.95 bits per heavy atom. The summed E-state index contributed by atoms with van der Waals surface area (Å²) in [4.78, 5) is 26.5. The third kappa shape index (κ3) is 4.95. The van der Waals surface area contributed by atoms with Crippen molar-refractivity contribution in [1.29, 1.82) is 0 Å². The van der Waals surface area contributed by atoms with Gasteiger partial charge in [-0.15, -0.1) is 0 Å². The second-order valence-electron chi connectivity index (χ2n) is 4.91. The zero-order valence-corrected chi connectivity index (χ0v) is 11.7. The first-order valence-electron chi connectivity index (χ1n) is 6.75. The summed E-state index contributed by atoms with van der Waals surface area (Å²) in [5.74, 6) is -1.26. The van der Waals surface area contributed by atoms with Gasteiger partial charge in [-0.1, -0.05) is 0 Å². The summed E-state index contributed by atoms with van der Waals surface area (Å²) < 4.78 is 0. The molecular weight excluding hydrogens is 266 g/mol. The number of rotatable bonds is 5. The SMILES string of the molecule is C[C@@H](O)[C@H](NC(=O)N1CCCN(CCO)CC1)C(=O)O. The number of amides is 2. The molecule has 4 N–H and O–H groups in total. The van der Waals surface area contributed by atoms with Crippen LogP contribution in [-0.4, -0.2) is 88.6 Å². The molecule has 1 aliphatic rings. The highest BCUT2D eigenvalue weighted by Gasteiger charge is 2.27. The van der Waals surface area contributed by atoms with Crippen molar-refractivity contribution in [3.05, 3.63) is 0 Å². The standard InChI is InChI=1S/C12H23N3O5/c1-9(17)10(11(18)19)13-12(20)15-4-2-3-14(5-6-15)7-8-16/h9-10,16-17H,2-8H2,1H3,(H,13,20)(H,18,19)/t9-,10+/m1/s1. The van der Waals surface area contributed by atoms with Gasteiger partial charge < -0.3 is 25.5 Å². The van der Waals surface area contributed by atoms with Crippen LogP contribution in [0.15, 0.2) is 0 Å². The minimum absolute atomic E-state index is 0.0787. The van der Waals surface area contributed by atoms with Crippen LogP contribution in [0.2, 0.25) is 0 Å². The van der Waals surface area contributed by atoms with Crippen LogP contribution < -0.4 is 5.32 Å². The second kappa shape index (κ2) is 8.03. The second-order valence-corrected chi connectivity index (χ2v) is 4.91. The maximum absolute atomic E-state index is 12.0. The Labute approximate surface area is 118 Å². The molecule has 0 unspecified atom stereocenters. The topological polar surface area (TPSA) is 113 Å². The molecule has 0 aliphatic carbocycles. The summed E-state index contributed by atoms with van der Waals surface area (Å²) in [5.41, 5.74) is 0. The molecule has 2 amide bonds. The lowest BCUT2D eigenvalue weighted by molar-refractivity contribution is -0.141. The van der Waals surface area contributed by atoms with E-state index in [1.807, 2.05) is 0 Å². The third-order valence-corrected chi connectivity index (χ3v) is 3.32. The molecule has 0 spiro atoms. The summed E-state index contributed by atoms with van der Waals surface area (Å²) in [6.45, 7) is 4.40. The number of hydrogen-bond acceptors (Lipinski definition) is 5. The highest BCUT2D eigenvalue weighted by molar-refractivity contribution is 5.83. The van der Waals surface area contributed by atoms with Crippen LogP contribution in [0.5, 0.6) is 0 Å². The molecule has 8 heteroatoms. The lowest BCUT2D eigenvalue weighted by Gasteiger charge is -2.25. The number of hydrogen-bond donors (Lipinski definition) is 4. The van der Waals surface area contributed by atoms with Crippen molar-refractivity contribution in [3.8, 4) is 0 Å². The summed E-state index contributed by atoms with van der Waals surface area (Å²) in [7, 11) is 0. The van der Waals surface area contributed by atoms with Crippen molar-refractivity contribution >= 4 is 12.0 Å². The largest absolute Gasteiger partial charge is 0.480 e. The first-order valence-corrected chi connectivity index (χ1v) is 6.75. The van der Waals surface area contributed by atoms with Gasteiger partial charge in [-0.05, 0) is 19.9 Å². The van der Waals surface area contributed by atoms with E-state index < -0.39 is 24.1 Å². The molecule has 0 radical (unpaired) electrons. The molecule has 0 aromatic rings. The predicted molar refractivity (Wildman–Crippen MR) is 71.4 cm³/mol. The number of carboxylic acid groups (broad SMARTS) is 1. The Hall–Kier alpha value is -1.38. The third-order valence-electron chi connectivity index (χ3n) is 3.32. The number of aliphatic hydroxyl groups is 2. The molecule has 0 saturated carbocycles. The normalized spacial score (nSPS) is 20.1. The van der Waals surface area contributed by atoms with Crippen molar-refractivity contribution < 1.29 is 24.9 Å². The highest BCUT2D eigenvalue weighted by Crippen LogP contribution is 2.04. The smallest absolute Gasteiger partial charge is 0.328 e. The molecule has 1 aliphatic heterocycles. The average molecular weight is 289 g/mol. The Bertz CT molecular complexity index is 337. The molecule has 8 nitrogen and oxygen atoms in total. The van der Waals surface area contributed by atoms with Crippen LogP contribution in [0.4, 0.5) is 4.79 Å². The number of carboxylic acids is 1. The van der Waals surface area contributed by atoms with E-state index in [4.69, 9.17) is 10.2 Å². The summed E-state index contributed by atoms with van der Waals surface area (Å²) in [6.07, 6.45) is -0.394. The number of β-amino-alcohol motifs (C(OH)–C–C–N with tert-alkyl or cyclic N) is 1. The lowest BCUT2D eigenvalue weighted by Crippen LogP contribution is -2.52. The number of carbonyl (C=O) groups is 2. The number of carbonyl (C=O) groups excluding carboxylic acids is 1. The molecule has 2 atom stereocenters. The first-order chi connectivity index (χ1) is 9.45. The van der Waals surface area contributed by atoms with Gasteiger partial charge in [0.25, 0.3) is 0 Å². The van der Waals surface area contributed by atoms with Crippen LogP contribution in [-0.2, 0) is 4.79 Å². The highest BCUT2D eigenvalue weighted by atomic mass is 16.4. The van der Waals surface area contributed by atoms with E-state index >= 15 is 0 Å². The van der Waals surface area contributed by atoms with Gasteiger partial charge in [0.05, 0.1) is 12.7 Å². The van der Waals surface area contributed by atoms with Gasteiger partial charge in [-0.3, -0.25) is 4.90 Å². The Morgan fingerprint density at radius 1 is 1.25 bits per heavy atom. The number of nitrogens with one attached hydrogen (secondary N) is 1. The van der Waals surface area contributed by atoms with Gasteiger partial charge in [-0.2, -0.15) is 0 Å². The fourth-order valence-electron chi connectivity index (χ4n) is 2.15. The van der Waals surface area contributed by atoms with E-state index in [2.05, 4.69) is 10.2 Å². The minimum Gasteiger partial charge on any atom is -0.480 e. The van der Waals surface area contributed by atoms with Crippen LogP contribution in [0, 0.1) is 0 Å². The molecule has 20 heavy (non-hydrogen) atoms. The van der Waals surface area contributed by atoms with Crippen molar-refractivity contribution in [3.63, 3.8) is 0 Å². The first kappa shape index (κ1) is 16.7. The maximum Gasteiger partial charge on any atom is 0.328 e. The molecule has 116 valence electrons. The molecule has 1 fully saturated rings. The monoisotopic (exact) mass is 289 g/mol. The van der Waals surface area contributed by atoms with Gasteiger partial charge in [0.15, 0.2) is 6.04 Å². The number of aliphatic carboxylic acids is 1. The molecule has 1 rings (SSSR count). The van der Waals surface area contributed by atoms with Crippen LogP contribution in [0.25, 0.3) is 0 Å². The molecule has 1 heterocycles. The van der Waals surface area contributed by atoms with Crippen molar-refractivity contribution in [2.45, 2.75) is 25.5 Å².